The van der Waals surface area contributed by atoms with Crippen molar-refractivity contribution in [3.8, 4) is 0 Å². The first-order valence-corrected chi connectivity index (χ1v) is 8.50. The maximum Gasteiger partial charge on any atom is 0.410 e. The van der Waals surface area contributed by atoms with Gasteiger partial charge in [0, 0.05) is 22.8 Å². The molecule has 0 N–H and O–H groups in total. The molecule has 0 aliphatic rings. The molecule has 1 heterocycles. The van der Waals surface area contributed by atoms with Gasteiger partial charge in [-0.25, -0.2) is 9.59 Å². The summed E-state index contributed by atoms with van der Waals surface area (Å²) in [5.41, 5.74) is 0.347. The topological polar surface area (TPSA) is 55.8 Å². The quantitative estimate of drug-likeness (QED) is 0.732. The van der Waals surface area contributed by atoms with E-state index >= 15 is 0 Å². The Morgan fingerprint density at radius 1 is 1.41 bits per heavy atom. The predicted octanol–water partition coefficient (Wildman–Crippen LogP) is 3.77. The van der Waals surface area contributed by atoms with Gasteiger partial charge in [0.15, 0.2) is 0 Å². The van der Waals surface area contributed by atoms with E-state index in [2.05, 4.69) is 15.9 Å². The number of esters is 1. The third kappa shape index (κ3) is 4.98. The number of ether oxygens (including phenoxy) is 2. The second-order valence-corrected chi connectivity index (χ2v) is 7.84. The zero-order chi connectivity index (χ0) is 17.1. The van der Waals surface area contributed by atoms with E-state index in [0.717, 1.165) is 14.9 Å². The fourth-order valence-corrected chi connectivity index (χ4v) is 3.29. The van der Waals surface area contributed by atoms with Crippen LogP contribution in [0.1, 0.15) is 31.2 Å². The molecule has 22 heavy (non-hydrogen) atoms. The zero-order valence-electron chi connectivity index (χ0n) is 13.7. The molecule has 1 rings (SSSR count). The van der Waals surface area contributed by atoms with Crippen molar-refractivity contribution in [1.82, 2.24) is 4.90 Å². The van der Waals surface area contributed by atoms with Gasteiger partial charge in [-0.05, 0) is 54.6 Å². The number of rotatable bonds is 4. The molecule has 5 nitrogen and oxygen atoms in total. The number of methoxy groups -OCH3 is 1. The summed E-state index contributed by atoms with van der Waals surface area (Å²) >= 11 is 5.10. The maximum absolute atomic E-state index is 12.2. The van der Waals surface area contributed by atoms with Crippen molar-refractivity contribution < 1.29 is 19.1 Å². The van der Waals surface area contributed by atoms with Gasteiger partial charge < -0.3 is 9.47 Å². The van der Waals surface area contributed by atoms with E-state index in [0.29, 0.717) is 6.42 Å². The highest BCUT2D eigenvalue weighted by molar-refractivity contribution is 9.10. The third-order valence-electron chi connectivity index (χ3n) is 3.00. The smallest absolute Gasteiger partial charge is 0.410 e. The van der Waals surface area contributed by atoms with Crippen LogP contribution in [-0.2, 0) is 20.7 Å². The van der Waals surface area contributed by atoms with E-state index in [4.69, 9.17) is 9.47 Å². The highest BCUT2D eigenvalue weighted by Crippen LogP contribution is 2.29. The zero-order valence-corrected chi connectivity index (χ0v) is 16.1. The van der Waals surface area contributed by atoms with Crippen molar-refractivity contribution >= 4 is 39.3 Å². The lowest BCUT2D eigenvalue weighted by Crippen LogP contribution is -2.46. The second kappa shape index (κ2) is 7.46. The van der Waals surface area contributed by atoms with Crippen LogP contribution in [0.3, 0.4) is 0 Å². The number of thiophene rings is 1. The standard InChI is InChI=1S/C15H22BrNO4S/c1-9-12(16)10(8-22-9)7-11(13(18)20-6)17(5)14(19)21-15(2,3)4/h8,11H,7H2,1-6H3. The van der Waals surface area contributed by atoms with Crippen LogP contribution in [0.2, 0.25) is 0 Å². The van der Waals surface area contributed by atoms with Gasteiger partial charge in [0.25, 0.3) is 0 Å². The lowest BCUT2D eigenvalue weighted by molar-refractivity contribution is -0.146. The first-order valence-electron chi connectivity index (χ1n) is 6.83. The largest absolute Gasteiger partial charge is 0.467 e. The molecule has 0 saturated heterocycles. The Labute approximate surface area is 143 Å². The summed E-state index contributed by atoms with van der Waals surface area (Å²) in [6.07, 6.45) is -0.182. The van der Waals surface area contributed by atoms with Crippen LogP contribution in [0.25, 0.3) is 0 Å². The second-order valence-electron chi connectivity index (χ2n) is 5.97. The molecule has 1 aromatic rings. The fourth-order valence-electron chi connectivity index (χ4n) is 1.81. The monoisotopic (exact) mass is 391 g/mol. The molecule has 0 bridgehead atoms. The van der Waals surface area contributed by atoms with Crippen molar-refractivity contribution in [1.29, 1.82) is 0 Å². The average Bonchev–Trinajstić information content (AvgIpc) is 2.73. The van der Waals surface area contributed by atoms with E-state index in [1.807, 2.05) is 12.3 Å². The number of hydrogen-bond acceptors (Lipinski definition) is 5. The molecule has 1 atom stereocenters. The van der Waals surface area contributed by atoms with Gasteiger partial charge in [-0.15, -0.1) is 11.3 Å². The molecule has 1 amide bonds. The minimum atomic E-state index is -0.731. The average molecular weight is 392 g/mol. The number of carbonyl (C=O) groups is 2. The summed E-state index contributed by atoms with van der Waals surface area (Å²) in [7, 11) is 2.86. The van der Waals surface area contributed by atoms with Gasteiger partial charge in [0.05, 0.1) is 7.11 Å². The fraction of sp³-hybridized carbons (Fsp3) is 0.600. The molecular weight excluding hydrogens is 370 g/mol. The summed E-state index contributed by atoms with van der Waals surface area (Å²) in [5, 5.41) is 1.97. The highest BCUT2D eigenvalue weighted by atomic mass is 79.9. The van der Waals surface area contributed by atoms with E-state index in [-0.39, 0.29) is 0 Å². The Kier molecular flexibility index (Phi) is 6.43. The number of likely N-dealkylation sites (N-methyl/N-ethyl adjacent to an activating group) is 1. The number of amides is 1. The van der Waals surface area contributed by atoms with Crippen LogP contribution in [0.15, 0.2) is 9.85 Å². The Morgan fingerprint density at radius 2 is 2.00 bits per heavy atom. The highest BCUT2D eigenvalue weighted by Gasteiger charge is 2.32. The van der Waals surface area contributed by atoms with E-state index in [9.17, 15) is 9.59 Å². The van der Waals surface area contributed by atoms with Gasteiger partial charge in [-0.2, -0.15) is 0 Å². The van der Waals surface area contributed by atoms with Crippen molar-refractivity contribution in [2.45, 2.75) is 45.8 Å². The minimum Gasteiger partial charge on any atom is -0.467 e. The van der Waals surface area contributed by atoms with Crippen LogP contribution >= 0.6 is 27.3 Å². The number of nitrogens with zero attached hydrogens (tertiary/aromatic N) is 1. The molecule has 0 spiro atoms. The van der Waals surface area contributed by atoms with Gasteiger partial charge in [0.1, 0.15) is 11.6 Å². The molecule has 0 fully saturated rings. The molecule has 0 saturated carbocycles. The Balaban J connectivity index is 2.95. The summed E-state index contributed by atoms with van der Waals surface area (Å²) in [5.74, 6) is -0.468. The lowest BCUT2D eigenvalue weighted by atomic mass is 10.1. The molecule has 1 unspecified atom stereocenters. The molecule has 0 aliphatic heterocycles. The van der Waals surface area contributed by atoms with Gasteiger partial charge in [-0.1, -0.05) is 0 Å². The van der Waals surface area contributed by atoms with Crippen LogP contribution in [0, 0.1) is 6.92 Å². The van der Waals surface area contributed by atoms with E-state index in [1.165, 1.54) is 12.0 Å². The van der Waals surface area contributed by atoms with Crippen molar-refractivity contribution in [2.24, 2.45) is 0 Å². The van der Waals surface area contributed by atoms with E-state index < -0.39 is 23.7 Å². The molecule has 1 aromatic heterocycles. The molecule has 0 aliphatic carbocycles. The first-order chi connectivity index (χ1) is 10.1. The SMILES string of the molecule is COC(=O)C(Cc1csc(C)c1Br)N(C)C(=O)OC(C)(C)C. The molecular formula is C15H22BrNO4S. The Bertz CT molecular complexity index is 550. The van der Waals surface area contributed by atoms with Crippen molar-refractivity contribution in [3.63, 3.8) is 0 Å². The van der Waals surface area contributed by atoms with Crippen LogP contribution in [-0.4, -0.2) is 42.8 Å². The molecule has 124 valence electrons. The Hall–Kier alpha value is -1.08. The van der Waals surface area contributed by atoms with Crippen molar-refractivity contribution in [3.05, 3.63) is 20.3 Å². The van der Waals surface area contributed by atoms with E-state index in [1.54, 1.807) is 39.2 Å². The normalized spacial score (nSPS) is 12.7. The molecule has 7 heteroatoms. The number of hydrogen-bond donors (Lipinski definition) is 0. The molecule has 0 radical (unpaired) electrons. The summed E-state index contributed by atoms with van der Waals surface area (Å²) in [6, 6.07) is -0.731. The summed E-state index contributed by atoms with van der Waals surface area (Å²) in [4.78, 5) is 26.7. The maximum atomic E-state index is 12.2. The van der Waals surface area contributed by atoms with Gasteiger partial charge in [-0.3, -0.25) is 4.90 Å². The first kappa shape index (κ1) is 19.0. The predicted molar refractivity (Wildman–Crippen MR) is 90.3 cm³/mol. The number of halogens is 1. The third-order valence-corrected chi connectivity index (χ3v) is 5.33. The summed E-state index contributed by atoms with van der Waals surface area (Å²) < 4.78 is 11.1. The van der Waals surface area contributed by atoms with Crippen molar-refractivity contribution in [2.75, 3.05) is 14.2 Å². The van der Waals surface area contributed by atoms with Crippen LogP contribution in [0.5, 0.6) is 0 Å². The summed E-state index contributed by atoms with van der Waals surface area (Å²) in [6.45, 7) is 7.34. The van der Waals surface area contributed by atoms with Gasteiger partial charge >= 0.3 is 12.1 Å². The lowest BCUT2D eigenvalue weighted by Gasteiger charge is -2.29. The van der Waals surface area contributed by atoms with Crippen LogP contribution < -0.4 is 0 Å². The minimum absolute atomic E-state index is 0.368. The molecule has 0 aromatic carbocycles. The Morgan fingerprint density at radius 3 is 2.41 bits per heavy atom. The number of aryl methyl sites for hydroxylation is 1. The van der Waals surface area contributed by atoms with Crippen LogP contribution in [0.4, 0.5) is 4.79 Å². The van der Waals surface area contributed by atoms with Gasteiger partial charge in [0.2, 0.25) is 0 Å². The number of carbonyl (C=O) groups excluding carboxylic acids is 2.